The number of carbonyl (C=O) groups excluding carboxylic acids is 1. The highest BCUT2D eigenvalue weighted by molar-refractivity contribution is 5.79. The number of carbonyl (C=O) groups is 1. The quantitative estimate of drug-likeness (QED) is 0.742. The van der Waals surface area contributed by atoms with Gasteiger partial charge in [0.15, 0.2) is 0 Å². The Bertz CT molecular complexity index is 317. The van der Waals surface area contributed by atoms with Gasteiger partial charge in [-0.15, -0.1) is 0 Å². The van der Waals surface area contributed by atoms with E-state index in [1.54, 1.807) is 0 Å². The van der Waals surface area contributed by atoms with Crippen molar-refractivity contribution in [2.75, 3.05) is 52.5 Å². The minimum atomic E-state index is 0.0881. The first-order chi connectivity index (χ1) is 10.2. The van der Waals surface area contributed by atoms with E-state index >= 15 is 0 Å². The molecule has 1 amide bonds. The highest BCUT2D eigenvalue weighted by Crippen LogP contribution is 2.23. The monoisotopic (exact) mass is 298 g/mol. The van der Waals surface area contributed by atoms with Crippen LogP contribution >= 0.6 is 0 Å². The summed E-state index contributed by atoms with van der Waals surface area (Å²) in [5.74, 6) is 1.27. The van der Waals surface area contributed by atoms with Crippen molar-refractivity contribution < 1.29 is 14.6 Å². The molecule has 2 heterocycles. The van der Waals surface area contributed by atoms with Crippen molar-refractivity contribution in [1.29, 1.82) is 0 Å². The van der Waals surface area contributed by atoms with Crippen LogP contribution in [0.25, 0.3) is 0 Å². The van der Waals surface area contributed by atoms with E-state index in [9.17, 15) is 4.79 Å². The molecule has 0 radical (unpaired) electrons. The normalized spacial score (nSPS) is 25.2. The number of nitrogens with zero attached hydrogens (tertiary/aromatic N) is 2. The van der Waals surface area contributed by atoms with Crippen LogP contribution < -0.4 is 0 Å². The molecule has 0 bridgehead atoms. The third-order valence-corrected chi connectivity index (χ3v) is 4.69. The van der Waals surface area contributed by atoms with E-state index in [-0.39, 0.29) is 12.5 Å². The Labute approximate surface area is 128 Å². The van der Waals surface area contributed by atoms with Crippen LogP contribution in [0.1, 0.15) is 32.6 Å². The summed E-state index contributed by atoms with van der Waals surface area (Å²) in [5.41, 5.74) is 0. The van der Waals surface area contributed by atoms with Crippen LogP contribution in [0.15, 0.2) is 0 Å². The van der Waals surface area contributed by atoms with Crippen molar-refractivity contribution in [2.45, 2.75) is 32.6 Å². The molecule has 0 spiro atoms. The van der Waals surface area contributed by atoms with Crippen LogP contribution in [0.3, 0.4) is 0 Å². The topological polar surface area (TPSA) is 53.0 Å². The SMILES string of the molecule is CC1CCCN(C(=O)C2CCN(CCOCCO)CC2)C1. The van der Waals surface area contributed by atoms with Gasteiger partial charge in [0.05, 0.1) is 19.8 Å². The van der Waals surface area contributed by atoms with Crippen molar-refractivity contribution >= 4 is 5.91 Å². The Morgan fingerprint density at radius 3 is 2.62 bits per heavy atom. The van der Waals surface area contributed by atoms with Gasteiger partial charge in [0, 0.05) is 25.6 Å². The molecule has 1 atom stereocenters. The number of aliphatic hydroxyl groups excluding tert-OH is 1. The van der Waals surface area contributed by atoms with Crippen LogP contribution in [0.5, 0.6) is 0 Å². The van der Waals surface area contributed by atoms with Gasteiger partial charge in [-0.2, -0.15) is 0 Å². The molecular weight excluding hydrogens is 268 g/mol. The molecule has 0 saturated carbocycles. The maximum absolute atomic E-state index is 12.6. The lowest BCUT2D eigenvalue weighted by molar-refractivity contribution is -0.138. The Kier molecular flexibility index (Phi) is 6.93. The summed E-state index contributed by atoms with van der Waals surface area (Å²) in [5, 5.41) is 8.66. The number of hydrogen-bond acceptors (Lipinski definition) is 4. The molecule has 2 rings (SSSR count). The van der Waals surface area contributed by atoms with Gasteiger partial charge in [0.2, 0.25) is 5.91 Å². The van der Waals surface area contributed by atoms with Gasteiger partial charge in [-0.25, -0.2) is 0 Å². The summed E-state index contributed by atoms with van der Waals surface area (Å²) >= 11 is 0. The lowest BCUT2D eigenvalue weighted by Crippen LogP contribution is -2.46. The second kappa shape index (κ2) is 8.71. The fraction of sp³-hybridized carbons (Fsp3) is 0.938. The summed E-state index contributed by atoms with van der Waals surface area (Å²) in [6.45, 7) is 8.21. The maximum atomic E-state index is 12.6. The molecule has 2 aliphatic heterocycles. The molecule has 2 saturated heterocycles. The average molecular weight is 298 g/mol. The van der Waals surface area contributed by atoms with Crippen molar-refractivity contribution in [3.8, 4) is 0 Å². The van der Waals surface area contributed by atoms with Gasteiger partial charge in [0.1, 0.15) is 0 Å². The highest BCUT2D eigenvalue weighted by atomic mass is 16.5. The minimum Gasteiger partial charge on any atom is -0.394 e. The minimum absolute atomic E-state index is 0.0881. The second-order valence-corrected chi connectivity index (χ2v) is 6.48. The predicted molar refractivity (Wildman–Crippen MR) is 82.0 cm³/mol. The van der Waals surface area contributed by atoms with E-state index in [0.717, 1.165) is 52.0 Å². The first-order valence-corrected chi connectivity index (χ1v) is 8.40. The van der Waals surface area contributed by atoms with Crippen LogP contribution in [0.2, 0.25) is 0 Å². The Balaban J connectivity index is 1.67. The van der Waals surface area contributed by atoms with Crippen molar-refractivity contribution in [3.63, 3.8) is 0 Å². The molecule has 5 heteroatoms. The molecule has 5 nitrogen and oxygen atoms in total. The molecule has 1 unspecified atom stereocenters. The van der Waals surface area contributed by atoms with Crippen LogP contribution in [-0.2, 0) is 9.53 Å². The summed E-state index contributed by atoms with van der Waals surface area (Å²) in [4.78, 5) is 17.0. The Hall–Kier alpha value is -0.650. The van der Waals surface area contributed by atoms with Crippen LogP contribution in [0, 0.1) is 11.8 Å². The molecule has 0 aromatic carbocycles. The standard InChI is InChI=1S/C16H30N2O3/c1-14-3-2-6-18(13-14)16(20)15-4-7-17(8-5-15)9-11-21-12-10-19/h14-15,19H,2-13H2,1H3. The number of rotatable bonds is 6. The first-order valence-electron chi connectivity index (χ1n) is 8.40. The molecule has 2 fully saturated rings. The number of likely N-dealkylation sites (tertiary alicyclic amines) is 2. The zero-order valence-corrected chi connectivity index (χ0v) is 13.3. The fourth-order valence-electron chi connectivity index (χ4n) is 3.41. The van der Waals surface area contributed by atoms with Gasteiger partial charge in [0.25, 0.3) is 0 Å². The molecule has 0 aromatic heterocycles. The predicted octanol–water partition coefficient (Wildman–Crippen LogP) is 0.966. The smallest absolute Gasteiger partial charge is 0.225 e. The largest absolute Gasteiger partial charge is 0.394 e. The summed E-state index contributed by atoms with van der Waals surface area (Å²) in [7, 11) is 0. The zero-order valence-electron chi connectivity index (χ0n) is 13.3. The zero-order chi connectivity index (χ0) is 15.1. The van der Waals surface area contributed by atoms with Crippen LogP contribution in [-0.4, -0.2) is 73.4 Å². The number of amides is 1. The number of piperidine rings is 2. The molecule has 21 heavy (non-hydrogen) atoms. The van der Waals surface area contributed by atoms with Gasteiger partial charge < -0.3 is 19.6 Å². The van der Waals surface area contributed by atoms with E-state index in [0.29, 0.717) is 25.0 Å². The third-order valence-electron chi connectivity index (χ3n) is 4.69. The van der Waals surface area contributed by atoms with Crippen molar-refractivity contribution in [1.82, 2.24) is 9.80 Å². The summed E-state index contributed by atoms with van der Waals surface area (Å²) < 4.78 is 5.30. The average Bonchev–Trinajstić information content (AvgIpc) is 2.51. The molecule has 0 aliphatic carbocycles. The molecular formula is C16H30N2O3. The van der Waals surface area contributed by atoms with Gasteiger partial charge in [-0.3, -0.25) is 4.79 Å². The van der Waals surface area contributed by atoms with Crippen molar-refractivity contribution in [2.24, 2.45) is 11.8 Å². The van der Waals surface area contributed by atoms with E-state index in [1.807, 2.05) is 0 Å². The molecule has 1 N–H and O–H groups in total. The highest BCUT2D eigenvalue weighted by Gasteiger charge is 2.30. The van der Waals surface area contributed by atoms with Crippen molar-refractivity contribution in [3.05, 3.63) is 0 Å². The van der Waals surface area contributed by atoms with E-state index in [1.165, 1.54) is 6.42 Å². The van der Waals surface area contributed by atoms with Gasteiger partial charge in [-0.05, 0) is 44.7 Å². The van der Waals surface area contributed by atoms with E-state index in [4.69, 9.17) is 9.84 Å². The lowest BCUT2D eigenvalue weighted by atomic mass is 9.93. The number of aliphatic hydroxyl groups is 1. The summed E-state index contributed by atoms with van der Waals surface area (Å²) in [6.07, 6.45) is 4.37. The Morgan fingerprint density at radius 2 is 1.95 bits per heavy atom. The van der Waals surface area contributed by atoms with E-state index in [2.05, 4.69) is 16.7 Å². The maximum Gasteiger partial charge on any atom is 0.225 e. The number of ether oxygens (including phenoxy) is 1. The second-order valence-electron chi connectivity index (χ2n) is 6.48. The molecule has 122 valence electrons. The fourth-order valence-corrected chi connectivity index (χ4v) is 3.41. The lowest BCUT2D eigenvalue weighted by Gasteiger charge is -2.37. The number of hydrogen-bond donors (Lipinski definition) is 1. The Morgan fingerprint density at radius 1 is 1.19 bits per heavy atom. The van der Waals surface area contributed by atoms with Gasteiger partial charge in [-0.1, -0.05) is 6.92 Å². The summed E-state index contributed by atoms with van der Waals surface area (Å²) in [6, 6.07) is 0. The van der Waals surface area contributed by atoms with E-state index < -0.39 is 0 Å². The first kappa shape index (κ1) is 16.7. The van der Waals surface area contributed by atoms with Crippen LogP contribution in [0.4, 0.5) is 0 Å². The molecule has 2 aliphatic rings. The van der Waals surface area contributed by atoms with Gasteiger partial charge >= 0.3 is 0 Å². The molecule has 0 aromatic rings. The third kappa shape index (κ3) is 5.24.